The average Bonchev–Trinajstić information content (AvgIpc) is 3.39. The maximum absolute atomic E-state index is 14.9. The smallest absolute Gasteiger partial charge is 0.284 e. The summed E-state index contributed by atoms with van der Waals surface area (Å²) in [5.74, 6) is -1.06. The van der Waals surface area contributed by atoms with Gasteiger partial charge >= 0.3 is 0 Å². The van der Waals surface area contributed by atoms with Gasteiger partial charge in [-0.1, -0.05) is 20.8 Å². The van der Waals surface area contributed by atoms with Crippen LogP contribution in [0, 0.1) is 5.82 Å². The van der Waals surface area contributed by atoms with E-state index in [0.29, 0.717) is 24.5 Å². The van der Waals surface area contributed by atoms with Gasteiger partial charge in [0.2, 0.25) is 6.29 Å². The van der Waals surface area contributed by atoms with Gasteiger partial charge in [0.1, 0.15) is 12.5 Å². The minimum absolute atomic E-state index is 0.107. The lowest BCUT2D eigenvalue weighted by molar-refractivity contribution is -0.131. The molecule has 0 bridgehead atoms. The summed E-state index contributed by atoms with van der Waals surface area (Å²) in [6.07, 6.45) is 3.34. The molecule has 3 rings (SSSR count). The molecule has 1 aliphatic heterocycles. The minimum Gasteiger partial charge on any atom is -0.411 e. The quantitative estimate of drug-likeness (QED) is 0.369. The molecule has 1 N–H and O–H groups in total. The second-order valence-corrected chi connectivity index (χ2v) is 14.3. The summed E-state index contributed by atoms with van der Waals surface area (Å²) in [5, 5.41) is 2.57. The molecular formula is C22H31FN4O4Si. The zero-order valence-corrected chi connectivity index (χ0v) is 20.2. The fourth-order valence-electron chi connectivity index (χ4n) is 3.05. The standard InChI is InChI=1S/C22H31FN4O4Si/c1-22(2,3)32(4,5)31-13-16-10-26(14-25-16)20-7-6-17(8-19(20)23)27-11-18(30-15-27)9-24-21(29)12-28/h6-8,10,12,14,18H,9,11,13,15H2,1-5H3,(H,24,29). The fraction of sp³-hybridized carbons (Fsp3) is 0.500. The molecule has 1 aliphatic rings. The summed E-state index contributed by atoms with van der Waals surface area (Å²) in [6, 6.07) is 4.98. The van der Waals surface area contributed by atoms with Gasteiger partial charge in [-0.05, 0) is 36.3 Å². The molecule has 0 aliphatic carbocycles. The Balaban J connectivity index is 1.63. The van der Waals surface area contributed by atoms with Crippen molar-refractivity contribution in [2.75, 3.05) is 24.7 Å². The summed E-state index contributed by atoms with van der Waals surface area (Å²) in [6.45, 7) is 12.3. The Morgan fingerprint density at radius 3 is 2.81 bits per heavy atom. The van der Waals surface area contributed by atoms with Crippen molar-refractivity contribution in [3.05, 3.63) is 42.2 Å². The highest BCUT2D eigenvalue weighted by molar-refractivity contribution is 6.74. The van der Waals surface area contributed by atoms with E-state index in [0.717, 1.165) is 5.69 Å². The lowest BCUT2D eigenvalue weighted by atomic mass is 10.2. The number of carbonyl (C=O) groups is 2. The molecule has 8 nitrogen and oxygen atoms in total. The molecule has 10 heteroatoms. The van der Waals surface area contributed by atoms with Crippen LogP contribution in [-0.2, 0) is 25.4 Å². The van der Waals surface area contributed by atoms with E-state index >= 15 is 0 Å². The van der Waals surface area contributed by atoms with Crippen molar-refractivity contribution >= 4 is 26.2 Å². The van der Waals surface area contributed by atoms with Gasteiger partial charge in [-0.15, -0.1) is 0 Å². The number of hydrogen-bond acceptors (Lipinski definition) is 6. The van der Waals surface area contributed by atoms with Gasteiger partial charge in [0.15, 0.2) is 8.32 Å². The first-order valence-corrected chi connectivity index (χ1v) is 13.5. The Morgan fingerprint density at radius 1 is 1.41 bits per heavy atom. The molecule has 0 saturated carbocycles. The van der Waals surface area contributed by atoms with Crippen molar-refractivity contribution in [2.24, 2.45) is 0 Å². The van der Waals surface area contributed by atoms with Gasteiger partial charge in [0.05, 0.1) is 30.4 Å². The number of hydrogen-bond donors (Lipinski definition) is 1. The molecule has 1 aromatic carbocycles. The summed E-state index contributed by atoms with van der Waals surface area (Å²) in [7, 11) is -1.89. The third-order valence-electron chi connectivity index (χ3n) is 6.10. The molecule has 2 heterocycles. The number of ether oxygens (including phenoxy) is 1. The van der Waals surface area contributed by atoms with E-state index in [1.54, 1.807) is 23.2 Å². The molecule has 1 fully saturated rings. The number of amides is 1. The largest absolute Gasteiger partial charge is 0.411 e. The Kier molecular flexibility index (Phi) is 7.16. The van der Waals surface area contributed by atoms with Crippen LogP contribution in [0.25, 0.3) is 5.69 Å². The molecule has 1 amide bonds. The lowest BCUT2D eigenvalue weighted by Crippen LogP contribution is -2.40. The Labute approximate surface area is 188 Å². The summed E-state index contributed by atoms with van der Waals surface area (Å²) < 4.78 is 28.3. The van der Waals surface area contributed by atoms with Crippen LogP contribution in [0.3, 0.4) is 0 Å². The van der Waals surface area contributed by atoms with Gasteiger partial charge in [0.25, 0.3) is 5.91 Å². The molecular weight excluding hydrogens is 431 g/mol. The SMILES string of the molecule is CC(C)(C)[Si](C)(C)OCc1cn(-c2ccc(N3COC(CNC(=O)C=O)C3)cc2F)cn1. The van der Waals surface area contributed by atoms with Crippen LogP contribution in [0.5, 0.6) is 0 Å². The Hall–Kier alpha value is -2.56. The first-order valence-electron chi connectivity index (χ1n) is 10.6. The molecule has 174 valence electrons. The summed E-state index contributed by atoms with van der Waals surface area (Å²) in [4.78, 5) is 27.7. The van der Waals surface area contributed by atoms with Crippen molar-refractivity contribution < 1.29 is 23.1 Å². The van der Waals surface area contributed by atoms with E-state index in [9.17, 15) is 14.0 Å². The van der Waals surface area contributed by atoms with Crippen LogP contribution in [0.4, 0.5) is 10.1 Å². The summed E-state index contributed by atoms with van der Waals surface area (Å²) >= 11 is 0. The predicted molar refractivity (Wildman–Crippen MR) is 122 cm³/mol. The number of imidazole rings is 1. The fourth-order valence-corrected chi connectivity index (χ4v) is 3.99. The van der Waals surface area contributed by atoms with E-state index in [4.69, 9.17) is 9.16 Å². The molecule has 32 heavy (non-hydrogen) atoms. The van der Waals surface area contributed by atoms with Crippen LogP contribution >= 0.6 is 0 Å². The van der Waals surface area contributed by atoms with Crippen LogP contribution in [0.1, 0.15) is 26.5 Å². The maximum Gasteiger partial charge on any atom is 0.284 e. The van der Waals surface area contributed by atoms with Gasteiger partial charge in [-0.2, -0.15) is 0 Å². The maximum atomic E-state index is 14.9. The Bertz CT molecular complexity index is 973. The molecule has 1 unspecified atom stereocenters. The third kappa shape index (κ3) is 5.62. The van der Waals surface area contributed by atoms with Gasteiger partial charge < -0.3 is 23.9 Å². The van der Waals surface area contributed by atoms with Crippen molar-refractivity contribution in [2.45, 2.75) is 51.6 Å². The van der Waals surface area contributed by atoms with Crippen LogP contribution in [-0.4, -0.2) is 56.0 Å². The van der Waals surface area contributed by atoms with Crippen LogP contribution in [0.15, 0.2) is 30.7 Å². The zero-order valence-electron chi connectivity index (χ0n) is 19.2. The van der Waals surface area contributed by atoms with Gasteiger partial charge in [-0.25, -0.2) is 9.37 Å². The molecule has 1 saturated heterocycles. The molecule has 1 atom stereocenters. The van der Waals surface area contributed by atoms with Crippen LogP contribution in [0.2, 0.25) is 18.1 Å². The average molecular weight is 463 g/mol. The molecule has 1 aromatic heterocycles. The van der Waals surface area contributed by atoms with Gasteiger partial charge in [0, 0.05) is 25.0 Å². The van der Waals surface area contributed by atoms with E-state index in [1.807, 2.05) is 11.0 Å². The third-order valence-corrected chi connectivity index (χ3v) is 10.6. The second kappa shape index (κ2) is 9.51. The number of carbonyl (C=O) groups excluding carboxylic acids is 2. The van der Waals surface area contributed by atoms with Gasteiger partial charge in [-0.3, -0.25) is 9.59 Å². The van der Waals surface area contributed by atoms with E-state index < -0.39 is 14.2 Å². The monoisotopic (exact) mass is 462 g/mol. The highest BCUT2D eigenvalue weighted by Crippen LogP contribution is 2.37. The Morgan fingerprint density at radius 2 is 2.16 bits per heavy atom. The first-order chi connectivity index (χ1) is 15.0. The van der Waals surface area contributed by atoms with E-state index in [2.05, 4.69) is 44.2 Å². The second-order valence-electron chi connectivity index (χ2n) is 9.46. The molecule has 0 radical (unpaired) electrons. The number of aldehydes is 1. The number of anilines is 1. The topological polar surface area (TPSA) is 85.7 Å². The number of nitrogens with zero attached hydrogens (tertiary/aromatic N) is 3. The lowest BCUT2D eigenvalue weighted by Gasteiger charge is -2.35. The number of aromatic nitrogens is 2. The van der Waals surface area contributed by atoms with Crippen LogP contribution < -0.4 is 10.2 Å². The predicted octanol–water partition coefficient (Wildman–Crippen LogP) is 3.01. The normalized spacial score (nSPS) is 16.9. The number of nitrogens with one attached hydrogen (secondary N) is 1. The molecule has 0 spiro atoms. The highest BCUT2D eigenvalue weighted by Gasteiger charge is 2.37. The van der Waals surface area contributed by atoms with Crippen molar-refractivity contribution in [1.29, 1.82) is 0 Å². The van der Waals surface area contributed by atoms with E-state index in [1.165, 1.54) is 6.07 Å². The van der Waals surface area contributed by atoms with E-state index in [-0.39, 0.29) is 36.5 Å². The number of benzene rings is 1. The molecule has 2 aromatic rings. The number of halogens is 1. The summed E-state index contributed by atoms with van der Waals surface area (Å²) in [5.41, 5.74) is 1.83. The van der Waals surface area contributed by atoms with Crippen molar-refractivity contribution in [3.63, 3.8) is 0 Å². The van der Waals surface area contributed by atoms with Crippen molar-refractivity contribution in [3.8, 4) is 5.69 Å². The minimum atomic E-state index is -1.89. The zero-order chi connectivity index (χ0) is 23.5. The highest BCUT2D eigenvalue weighted by atomic mass is 28.4. The van der Waals surface area contributed by atoms with Crippen molar-refractivity contribution in [1.82, 2.24) is 14.9 Å². The number of rotatable bonds is 8. The first kappa shape index (κ1) is 24.1.